The van der Waals surface area contributed by atoms with E-state index in [0.29, 0.717) is 33.4 Å². The van der Waals surface area contributed by atoms with Crippen molar-refractivity contribution in [2.45, 2.75) is 19.3 Å². The van der Waals surface area contributed by atoms with Crippen LogP contribution in [0.5, 0.6) is 23.5 Å². The van der Waals surface area contributed by atoms with E-state index in [9.17, 15) is 10.1 Å². The average Bonchev–Trinajstić information content (AvgIpc) is 2.94. The van der Waals surface area contributed by atoms with Crippen molar-refractivity contribution in [1.29, 1.82) is 0 Å². The van der Waals surface area contributed by atoms with Crippen molar-refractivity contribution in [2.24, 2.45) is 0 Å². The first-order chi connectivity index (χ1) is 18.8. The molecule has 0 radical (unpaired) electrons. The van der Waals surface area contributed by atoms with Crippen molar-refractivity contribution >= 4 is 55.3 Å². The van der Waals surface area contributed by atoms with E-state index in [1.165, 1.54) is 33.5 Å². The Labute approximate surface area is 237 Å². The van der Waals surface area contributed by atoms with E-state index >= 15 is 0 Å². The second kappa shape index (κ2) is 14.0. The fourth-order valence-corrected chi connectivity index (χ4v) is 4.25. The van der Waals surface area contributed by atoms with Crippen LogP contribution in [0.4, 0.5) is 5.69 Å². The number of aliphatic hydroxyl groups excluding tert-OH is 1. The molecule has 0 aliphatic rings. The lowest BCUT2D eigenvalue weighted by atomic mass is 10.1. The van der Waals surface area contributed by atoms with Crippen molar-refractivity contribution in [3.63, 3.8) is 0 Å². The molecule has 0 fully saturated rings. The number of non-ortho nitro benzene ring substituents is 1. The first-order valence-electron chi connectivity index (χ1n) is 11.6. The van der Waals surface area contributed by atoms with Gasteiger partial charge in [0.15, 0.2) is 0 Å². The Kier molecular flexibility index (Phi) is 10.8. The normalized spacial score (nSPS) is 10.6. The lowest BCUT2D eigenvalue weighted by Gasteiger charge is -2.10. The third kappa shape index (κ3) is 7.11. The highest BCUT2D eigenvalue weighted by Gasteiger charge is 2.17. The standard InChI is InChI=1S/C13H14BrClN2O2.C12H13N3O5/c1-18-12-13(19-2)17-11-8(4-3-5-14)6-9(15)7-10(11)16-12;1-19-11-12(20-2)14-10-7(3-4-16)5-8(15(17)18)6-9(10)13-11/h6-7H,3-5H2,1-2H3;5-6,16H,3-4H2,1-2H3. The summed E-state index contributed by atoms with van der Waals surface area (Å²) in [5, 5.41) is 21.6. The van der Waals surface area contributed by atoms with Gasteiger partial charge in [-0.05, 0) is 42.5 Å². The Morgan fingerprint density at radius 2 is 1.31 bits per heavy atom. The molecule has 14 heteroatoms. The molecular formula is C25H27BrClN5O7. The number of methoxy groups -OCH3 is 4. The highest BCUT2D eigenvalue weighted by molar-refractivity contribution is 9.09. The zero-order valence-electron chi connectivity index (χ0n) is 21.7. The summed E-state index contributed by atoms with van der Waals surface area (Å²) in [5.74, 6) is 1.09. The molecule has 0 bridgehead atoms. The van der Waals surface area contributed by atoms with Gasteiger partial charge in [0.1, 0.15) is 5.52 Å². The molecule has 0 unspecified atom stereocenters. The SMILES string of the molecule is COc1nc2cc(Cl)cc(CCCBr)c2nc1OC.COc1nc2cc([N+](=O)[O-])cc(CCO)c2nc1OC. The summed E-state index contributed by atoms with van der Waals surface area (Å²) >= 11 is 9.55. The van der Waals surface area contributed by atoms with Crippen molar-refractivity contribution in [1.82, 2.24) is 19.9 Å². The molecule has 39 heavy (non-hydrogen) atoms. The second-order valence-corrected chi connectivity index (χ2v) is 9.14. The number of halogens is 2. The van der Waals surface area contributed by atoms with Crippen LogP contribution in [0, 0.1) is 10.1 Å². The lowest BCUT2D eigenvalue weighted by molar-refractivity contribution is -0.384. The molecule has 2 heterocycles. The highest BCUT2D eigenvalue weighted by Crippen LogP contribution is 2.31. The molecule has 0 spiro atoms. The Morgan fingerprint density at radius 3 is 1.77 bits per heavy atom. The van der Waals surface area contributed by atoms with Gasteiger partial charge in [0.2, 0.25) is 0 Å². The van der Waals surface area contributed by atoms with Gasteiger partial charge in [-0.1, -0.05) is 27.5 Å². The quantitative estimate of drug-likeness (QED) is 0.148. The van der Waals surface area contributed by atoms with Crippen LogP contribution in [0.25, 0.3) is 22.1 Å². The molecule has 4 aromatic rings. The van der Waals surface area contributed by atoms with Crippen molar-refractivity contribution in [2.75, 3.05) is 40.4 Å². The van der Waals surface area contributed by atoms with E-state index in [0.717, 1.165) is 34.8 Å². The molecule has 0 saturated heterocycles. The molecule has 4 rings (SSSR count). The molecule has 0 aliphatic heterocycles. The molecule has 2 aromatic carbocycles. The summed E-state index contributed by atoms with van der Waals surface area (Å²) in [6.45, 7) is -0.147. The topological polar surface area (TPSA) is 152 Å². The number of nitro benzene ring substituents is 1. The Hall–Kier alpha value is -3.55. The summed E-state index contributed by atoms with van der Waals surface area (Å²) < 4.78 is 20.4. The van der Waals surface area contributed by atoms with Gasteiger partial charge >= 0.3 is 0 Å². The number of nitrogens with zero attached hydrogens (tertiary/aromatic N) is 5. The van der Waals surface area contributed by atoms with Gasteiger partial charge in [-0.15, -0.1) is 0 Å². The van der Waals surface area contributed by atoms with Crippen LogP contribution in [0.3, 0.4) is 0 Å². The molecule has 2 aromatic heterocycles. The molecule has 0 saturated carbocycles. The second-order valence-electron chi connectivity index (χ2n) is 7.91. The van der Waals surface area contributed by atoms with E-state index in [2.05, 4.69) is 35.9 Å². The fraction of sp³-hybridized carbons (Fsp3) is 0.360. The Bertz CT molecular complexity index is 1470. The van der Waals surface area contributed by atoms with Crippen LogP contribution in [0.2, 0.25) is 5.02 Å². The average molecular weight is 625 g/mol. The number of aromatic nitrogens is 4. The maximum atomic E-state index is 10.9. The predicted molar refractivity (Wildman–Crippen MR) is 150 cm³/mol. The van der Waals surface area contributed by atoms with Crippen LogP contribution in [0.15, 0.2) is 24.3 Å². The Balaban J connectivity index is 0.000000216. The number of ether oxygens (including phenoxy) is 4. The molecule has 0 amide bonds. The van der Waals surface area contributed by atoms with Gasteiger partial charge in [-0.2, -0.15) is 0 Å². The summed E-state index contributed by atoms with van der Waals surface area (Å²) in [7, 11) is 5.92. The zero-order chi connectivity index (χ0) is 28.5. The highest BCUT2D eigenvalue weighted by atomic mass is 79.9. The number of benzene rings is 2. The molecule has 0 atom stereocenters. The van der Waals surface area contributed by atoms with Gasteiger partial charge in [0.25, 0.3) is 29.2 Å². The van der Waals surface area contributed by atoms with Crippen LogP contribution in [-0.4, -0.2) is 70.3 Å². The number of fused-ring (bicyclic) bond motifs is 2. The van der Waals surface area contributed by atoms with Crippen molar-refractivity contribution in [3.8, 4) is 23.5 Å². The van der Waals surface area contributed by atoms with Gasteiger partial charge in [-0.25, -0.2) is 19.9 Å². The summed E-state index contributed by atoms with van der Waals surface area (Å²) in [4.78, 5) is 27.7. The Morgan fingerprint density at radius 1 is 0.821 bits per heavy atom. The minimum atomic E-state index is -0.515. The maximum Gasteiger partial charge on any atom is 0.278 e. The maximum absolute atomic E-state index is 10.9. The van der Waals surface area contributed by atoms with Gasteiger partial charge in [0, 0.05) is 29.1 Å². The summed E-state index contributed by atoms with van der Waals surface area (Å²) in [6, 6.07) is 6.39. The lowest BCUT2D eigenvalue weighted by Crippen LogP contribution is -2.02. The fourth-order valence-electron chi connectivity index (χ4n) is 3.74. The number of aryl methyl sites for hydroxylation is 1. The monoisotopic (exact) mass is 623 g/mol. The predicted octanol–water partition coefficient (Wildman–Crippen LogP) is 4.72. The molecule has 0 aliphatic carbocycles. The third-order valence-electron chi connectivity index (χ3n) is 5.47. The molecule has 12 nitrogen and oxygen atoms in total. The van der Waals surface area contributed by atoms with E-state index < -0.39 is 4.92 Å². The zero-order valence-corrected chi connectivity index (χ0v) is 24.1. The molecular weight excluding hydrogens is 598 g/mol. The number of alkyl halides is 1. The first kappa shape index (κ1) is 30.0. The van der Waals surface area contributed by atoms with Crippen molar-refractivity contribution in [3.05, 3.63) is 50.5 Å². The number of hydrogen-bond donors (Lipinski definition) is 1. The van der Waals surface area contributed by atoms with Crippen LogP contribution >= 0.6 is 27.5 Å². The van der Waals surface area contributed by atoms with Crippen molar-refractivity contribution < 1.29 is 29.0 Å². The minimum absolute atomic E-state index is 0.109. The number of nitro groups is 1. The summed E-state index contributed by atoms with van der Waals surface area (Å²) in [6.07, 6.45) is 2.13. The third-order valence-corrected chi connectivity index (χ3v) is 6.25. The molecule has 1 N–H and O–H groups in total. The van der Waals surface area contributed by atoms with E-state index in [1.54, 1.807) is 13.2 Å². The molecule has 208 valence electrons. The number of hydrogen-bond acceptors (Lipinski definition) is 11. The minimum Gasteiger partial charge on any atom is -0.477 e. The van der Waals surface area contributed by atoms with Crippen LogP contribution in [-0.2, 0) is 12.8 Å². The van der Waals surface area contributed by atoms with Gasteiger partial charge in [0.05, 0.1) is 49.9 Å². The van der Waals surface area contributed by atoms with E-state index in [4.69, 9.17) is 35.7 Å². The van der Waals surface area contributed by atoms with Crippen LogP contribution in [0.1, 0.15) is 17.5 Å². The van der Waals surface area contributed by atoms with Gasteiger partial charge < -0.3 is 24.1 Å². The summed E-state index contributed by atoms with van der Waals surface area (Å²) in [5.41, 5.74) is 3.78. The largest absolute Gasteiger partial charge is 0.477 e. The van der Waals surface area contributed by atoms with Crippen LogP contribution < -0.4 is 18.9 Å². The smallest absolute Gasteiger partial charge is 0.278 e. The number of aliphatic hydroxyl groups is 1. The van der Waals surface area contributed by atoms with Gasteiger partial charge in [-0.3, -0.25) is 10.1 Å². The van der Waals surface area contributed by atoms with E-state index in [-0.39, 0.29) is 30.5 Å². The first-order valence-corrected chi connectivity index (χ1v) is 13.1. The number of rotatable bonds is 10. The van der Waals surface area contributed by atoms with E-state index in [1.807, 2.05) is 6.07 Å².